The second-order valence-corrected chi connectivity index (χ2v) is 12.2. The number of nitrogens with zero attached hydrogens (tertiary/aromatic N) is 4. The minimum atomic E-state index is -0.208. The highest BCUT2D eigenvalue weighted by molar-refractivity contribution is 8.76. The fourth-order valence-electron chi connectivity index (χ4n) is 4.87. The minimum Gasteiger partial charge on any atom is -0.491 e. The lowest BCUT2D eigenvalue weighted by Crippen LogP contribution is -2.15. The number of rotatable bonds is 9. The monoisotopic (exact) mass is 600 g/mol. The Morgan fingerprint density at radius 1 is 0.690 bits per heavy atom. The smallest absolute Gasteiger partial charge is 0.223 e. The molecule has 6 rings (SSSR count). The number of methoxy groups -OCH3 is 2. The average molecular weight is 601 g/mol. The zero-order valence-corrected chi connectivity index (χ0v) is 25.1. The number of ether oxygens (including phenoxy) is 2. The van der Waals surface area contributed by atoms with E-state index in [9.17, 15) is 9.59 Å². The molecular formula is C30H28N6O4S2. The van der Waals surface area contributed by atoms with Gasteiger partial charge in [0.1, 0.15) is 0 Å². The Kier molecular flexibility index (Phi) is 7.56. The highest BCUT2D eigenvalue weighted by Crippen LogP contribution is 2.34. The van der Waals surface area contributed by atoms with E-state index in [0.717, 1.165) is 33.2 Å². The Balaban J connectivity index is 1.30. The van der Waals surface area contributed by atoms with Gasteiger partial charge in [-0.25, -0.2) is 9.97 Å². The first-order valence-electron chi connectivity index (χ1n) is 13.1. The van der Waals surface area contributed by atoms with Gasteiger partial charge in [0.25, 0.3) is 0 Å². The van der Waals surface area contributed by atoms with Crippen molar-refractivity contribution < 1.29 is 9.47 Å². The van der Waals surface area contributed by atoms with Crippen molar-refractivity contribution in [3.63, 3.8) is 0 Å². The van der Waals surface area contributed by atoms with Crippen LogP contribution in [0.25, 0.3) is 34.0 Å². The molecule has 0 aliphatic carbocycles. The van der Waals surface area contributed by atoms with Crippen LogP contribution >= 0.6 is 21.6 Å². The van der Waals surface area contributed by atoms with Crippen molar-refractivity contribution in [3.8, 4) is 23.4 Å². The van der Waals surface area contributed by atoms with Crippen molar-refractivity contribution in [3.05, 3.63) is 104 Å². The number of pyridine rings is 2. The van der Waals surface area contributed by atoms with Crippen LogP contribution in [0.5, 0.6) is 11.5 Å². The molecule has 0 atom stereocenters. The number of aromatic amines is 2. The molecule has 4 heterocycles. The molecule has 4 aromatic heterocycles. The van der Waals surface area contributed by atoms with Crippen molar-refractivity contribution >= 4 is 43.7 Å². The summed E-state index contributed by atoms with van der Waals surface area (Å²) in [4.78, 5) is 41.6. The van der Waals surface area contributed by atoms with Crippen LogP contribution in [0.3, 0.4) is 0 Å². The molecule has 214 valence electrons. The molecule has 10 nitrogen and oxygen atoms in total. The van der Waals surface area contributed by atoms with Gasteiger partial charge in [-0.2, -0.15) is 0 Å². The van der Waals surface area contributed by atoms with Gasteiger partial charge >= 0.3 is 0 Å². The molecule has 0 aliphatic heterocycles. The van der Waals surface area contributed by atoms with E-state index in [-0.39, 0.29) is 22.4 Å². The molecule has 0 bridgehead atoms. The van der Waals surface area contributed by atoms with Crippen LogP contribution in [-0.2, 0) is 11.5 Å². The summed E-state index contributed by atoms with van der Waals surface area (Å²) in [5.74, 6) is 2.57. The molecule has 0 radical (unpaired) electrons. The number of hydrogen-bond donors (Lipinski definition) is 2. The number of nitrogens with one attached hydrogen (secondary N) is 2. The Bertz CT molecular complexity index is 1910. The van der Waals surface area contributed by atoms with Crippen LogP contribution in [0, 0.1) is 13.8 Å². The predicted molar refractivity (Wildman–Crippen MR) is 169 cm³/mol. The first-order chi connectivity index (χ1) is 20.4. The van der Waals surface area contributed by atoms with E-state index in [1.165, 1.54) is 47.9 Å². The summed E-state index contributed by atoms with van der Waals surface area (Å²) < 4.78 is 14.8. The number of fused-ring (bicyclic) bond motifs is 2. The second-order valence-electron chi connectivity index (χ2n) is 9.75. The minimum absolute atomic E-state index is 0.208. The number of benzene rings is 2. The average Bonchev–Trinajstić information content (AvgIpc) is 3.59. The maximum atomic E-state index is 12.7. The van der Waals surface area contributed by atoms with Gasteiger partial charge in [0.05, 0.1) is 47.7 Å². The molecule has 0 spiro atoms. The summed E-state index contributed by atoms with van der Waals surface area (Å²) in [5.41, 5.74) is 6.64. The van der Waals surface area contributed by atoms with Crippen molar-refractivity contribution in [1.82, 2.24) is 29.1 Å². The van der Waals surface area contributed by atoms with Crippen LogP contribution in [0.1, 0.15) is 22.5 Å². The largest absolute Gasteiger partial charge is 0.491 e. The third-order valence-corrected chi connectivity index (χ3v) is 9.05. The molecular weight excluding hydrogens is 573 g/mol. The molecule has 6 aromatic rings. The number of H-pyrrole nitrogens is 2. The van der Waals surface area contributed by atoms with Crippen molar-refractivity contribution in [2.75, 3.05) is 14.2 Å². The van der Waals surface area contributed by atoms with E-state index in [2.05, 4.69) is 9.97 Å². The molecule has 2 aromatic carbocycles. The second kappa shape index (κ2) is 11.5. The van der Waals surface area contributed by atoms with Crippen LogP contribution < -0.4 is 20.3 Å². The van der Waals surface area contributed by atoms with Gasteiger partial charge in [0.2, 0.25) is 22.8 Å². The summed E-state index contributed by atoms with van der Waals surface area (Å²) >= 11 is 0. The van der Waals surface area contributed by atoms with Gasteiger partial charge < -0.3 is 19.4 Å². The Labute approximate surface area is 248 Å². The van der Waals surface area contributed by atoms with E-state index in [4.69, 9.17) is 19.4 Å². The lowest BCUT2D eigenvalue weighted by Gasteiger charge is -2.16. The summed E-state index contributed by atoms with van der Waals surface area (Å²) in [6.45, 7) is 4.05. The quantitative estimate of drug-likeness (QED) is 0.166. The predicted octanol–water partition coefficient (Wildman–Crippen LogP) is 5.46. The SMILES string of the molecule is COc1c(CSSCc2c(OC)c(=O)ccn2-c2nc3ccc(C)cc3[nH]2)n(-c2nc3ccc(C)cc3[nH]2)ccc1=O. The first kappa shape index (κ1) is 27.7. The summed E-state index contributed by atoms with van der Waals surface area (Å²) in [5, 5.41) is 0. The number of hydrogen-bond acceptors (Lipinski definition) is 8. The summed E-state index contributed by atoms with van der Waals surface area (Å²) in [6.07, 6.45) is 3.41. The van der Waals surface area contributed by atoms with Gasteiger partial charge in [-0.15, -0.1) is 0 Å². The maximum Gasteiger partial charge on any atom is 0.223 e. The van der Waals surface area contributed by atoms with Gasteiger partial charge in [-0.05, 0) is 49.2 Å². The highest BCUT2D eigenvalue weighted by atomic mass is 33.1. The van der Waals surface area contributed by atoms with Crippen LogP contribution in [0.4, 0.5) is 0 Å². The maximum absolute atomic E-state index is 12.7. The fourth-order valence-corrected chi connectivity index (χ4v) is 6.97. The number of aryl methyl sites for hydroxylation is 2. The standard InChI is InChI=1S/C30H28N6O4S2/c1-17-5-7-19-21(13-17)33-29(31-19)35-11-9-25(37)27(39-3)23(35)15-41-42-16-24-28(40-4)26(38)10-12-36(24)30-32-20-8-6-18(2)14-22(20)34-30/h5-14H,15-16H2,1-4H3,(H,31,33)(H,32,34). The van der Waals surface area contributed by atoms with E-state index in [0.29, 0.717) is 34.8 Å². The zero-order chi connectivity index (χ0) is 29.4. The molecule has 0 unspecified atom stereocenters. The third kappa shape index (κ3) is 5.19. The van der Waals surface area contributed by atoms with E-state index >= 15 is 0 Å². The van der Waals surface area contributed by atoms with Gasteiger partial charge in [0, 0.05) is 36.0 Å². The van der Waals surface area contributed by atoms with Crippen LogP contribution in [0.15, 0.2) is 70.5 Å². The normalized spacial score (nSPS) is 11.4. The molecule has 42 heavy (non-hydrogen) atoms. The summed E-state index contributed by atoms with van der Waals surface area (Å²) in [7, 11) is 6.04. The van der Waals surface area contributed by atoms with Gasteiger partial charge in [-0.3, -0.25) is 18.7 Å². The molecule has 0 fully saturated rings. The lowest BCUT2D eigenvalue weighted by molar-refractivity contribution is 0.402. The number of imidazole rings is 2. The van der Waals surface area contributed by atoms with Crippen LogP contribution in [-0.4, -0.2) is 43.3 Å². The van der Waals surface area contributed by atoms with Crippen molar-refractivity contribution in [2.24, 2.45) is 0 Å². The molecule has 0 saturated heterocycles. The van der Waals surface area contributed by atoms with Crippen LogP contribution in [0.2, 0.25) is 0 Å². The van der Waals surface area contributed by atoms with E-state index in [1.807, 2.05) is 59.4 Å². The molecule has 0 aliphatic rings. The first-order valence-corrected chi connectivity index (χ1v) is 15.6. The highest BCUT2D eigenvalue weighted by Gasteiger charge is 2.19. The Morgan fingerprint density at radius 2 is 1.12 bits per heavy atom. The lowest BCUT2D eigenvalue weighted by atomic mass is 10.2. The third-order valence-electron chi connectivity index (χ3n) is 6.89. The fraction of sp³-hybridized carbons (Fsp3) is 0.200. The van der Waals surface area contributed by atoms with Gasteiger partial charge in [-0.1, -0.05) is 33.7 Å². The molecule has 0 saturated carbocycles. The Hall–Kier alpha value is -4.42. The summed E-state index contributed by atoms with van der Waals surface area (Å²) in [6, 6.07) is 15.0. The molecule has 2 N–H and O–H groups in total. The topological polar surface area (TPSA) is 120 Å². The van der Waals surface area contributed by atoms with Gasteiger partial charge in [0.15, 0.2) is 11.5 Å². The van der Waals surface area contributed by atoms with E-state index in [1.54, 1.807) is 12.4 Å². The van der Waals surface area contributed by atoms with Crippen molar-refractivity contribution in [1.29, 1.82) is 0 Å². The van der Waals surface area contributed by atoms with Crippen molar-refractivity contribution in [2.45, 2.75) is 25.4 Å². The Morgan fingerprint density at radius 3 is 1.52 bits per heavy atom. The zero-order valence-electron chi connectivity index (χ0n) is 23.4. The molecule has 12 heteroatoms. The number of aromatic nitrogens is 6. The van der Waals surface area contributed by atoms with E-state index < -0.39 is 0 Å². The molecule has 0 amide bonds.